The van der Waals surface area contributed by atoms with Crippen LogP contribution in [0.4, 0.5) is 0 Å². The van der Waals surface area contributed by atoms with Gasteiger partial charge in [0.1, 0.15) is 5.78 Å². The SMILES string of the molecule is CC(C)C(=O)CCNCCC(C)(C)C. The third-order valence-corrected chi connectivity index (χ3v) is 2.24. The molecular weight excluding hydrogens is 174 g/mol. The van der Waals surface area contributed by atoms with Gasteiger partial charge in [-0.2, -0.15) is 0 Å². The Balaban J connectivity index is 3.35. The van der Waals surface area contributed by atoms with Gasteiger partial charge in [0.15, 0.2) is 0 Å². The Morgan fingerprint density at radius 2 is 1.79 bits per heavy atom. The van der Waals surface area contributed by atoms with E-state index in [0.717, 1.165) is 19.5 Å². The van der Waals surface area contributed by atoms with Crippen LogP contribution in [-0.2, 0) is 4.79 Å². The number of rotatable bonds is 6. The van der Waals surface area contributed by atoms with Crippen molar-refractivity contribution in [1.82, 2.24) is 5.32 Å². The van der Waals surface area contributed by atoms with Crippen molar-refractivity contribution in [2.45, 2.75) is 47.5 Å². The van der Waals surface area contributed by atoms with Crippen LogP contribution in [0.5, 0.6) is 0 Å². The molecule has 84 valence electrons. The second kappa shape index (κ2) is 6.18. The minimum absolute atomic E-state index is 0.180. The van der Waals surface area contributed by atoms with E-state index < -0.39 is 0 Å². The molecular formula is C12H25NO. The van der Waals surface area contributed by atoms with Crippen LogP contribution in [0.2, 0.25) is 0 Å². The van der Waals surface area contributed by atoms with Crippen LogP contribution in [0.15, 0.2) is 0 Å². The summed E-state index contributed by atoms with van der Waals surface area (Å²) in [6.07, 6.45) is 1.82. The number of Topliss-reactive ketones (excluding diaryl/α,β-unsaturated/α-hetero) is 1. The topological polar surface area (TPSA) is 29.1 Å². The van der Waals surface area contributed by atoms with Crippen LogP contribution >= 0.6 is 0 Å². The quantitative estimate of drug-likeness (QED) is 0.666. The third kappa shape index (κ3) is 8.24. The van der Waals surface area contributed by atoms with Gasteiger partial charge in [0.05, 0.1) is 0 Å². The van der Waals surface area contributed by atoms with Gasteiger partial charge in [-0.05, 0) is 18.4 Å². The Bertz CT molecular complexity index is 168. The van der Waals surface area contributed by atoms with E-state index in [0.29, 0.717) is 17.6 Å². The van der Waals surface area contributed by atoms with Crippen molar-refractivity contribution in [2.75, 3.05) is 13.1 Å². The van der Waals surface area contributed by atoms with Crippen molar-refractivity contribution in [3.63, 3.8) is 0 Å². The number of hydrogen-bond acceptors (Lipinski definition) is 2. The lowest BCUT2D eigenvalue weighted by molar-refractivity contribution is -0.121. The van der Waals surface area contributed by atoms with Crippen molar-refractivity contribution in [1.29, 1.82) is 0 Å². The first-order valence-electron chi connectivity index (χ1n) is 5.56. The fourth-order valence-corrected chi connectivity index (χ4v) is 1.09. The molecule has 1 N–H and O–H groups in total. The molecule has 0 aliphatic carbocycles. The van der Waals surface area contributed by atoms with E-state index in [-0.39, 0.29) is 5.92 Å². The molecule has 0 saturated heterocycles. The molecule has 0 amide bonds. The minimum atomic E-state index is 0.180. The smallest absolute Gasteiger partial charge is 0.136 e. The van der Waals surface area contributed by atoms with E-state index in [1.54, 1.807) is 0 Å². The lowest BCUT2D eigenvalue weighted by Gasteiger charge is -2.18. The van der Waals surface area contributed by atoms with Crippen molar-refractivity contribution in [3.8, 4) is 0 Å². The molecule has 0 aromatic carbocycles. The molecule has 14 heavy (non-hydrogen) atoms. The summed E-state index contributed by atoms with van der Waals surface area (Å²) in [5.74, 6) is 0.535. The minimum Gasteiger partial charge on any atom is -0.316 e. The fraction of sp³-hybridized carbons (Fsp3) is 0.917. The van der Waals surface area contributed by atoms with Gasteiger partial charge in [-0.1, -0.05) is 34.6 Å². The monoisotopic (exact) mass is 199 g/mol. The molecule has 0 heterocycles. The summed E-state index contributed by atoms with van der Waals surface area (Å²) in [4.78, 5) is 11.3. The Morgan fingerprint density at radius 3 is 2.21 bits per heavy atom. The molecule has 0 radical (unpaired) electrons. The Labute approximate surface area is 88.5 Å². The van der Waals surface area contributed by atoms with E-state index in [4.69, 9.17) is 0 Å². The lowest BCUT2D eigenvalue weighted by Crippen LogP contribution is -2.24. The van der Waals surface area contributed by atoms with Crippen LogP contribution in [0.3, 0.4) is 0 Å². The summed E-state index contributed by atoms with van der Waals surface area (Å²) in [5, 5.41) is 3.31. The maximum atomic E-state index is 11.3. The van der Waals surface area contributed by atoms with Crippen LogP contribution in [0, 0.1) is 11.3 Å². The van der Waals surface area contributed by atoms with Gasteiger partial charge in [0.25, 0.3) is 0 Å². The second-order valence-electron chi connectivity index (χ2n) is 5.43. The van der Waals surface area contributed by atoms with E-state index in [9.17, 15) is 4.79 Å². The number of carbonyl (C=O) groups is 1. The van der Waals surface area contributed by atoms with Crippen molar-refractivity contribution in [3.05, 3.63) is 0 Å². The number of ketones is 1. The highest BCUT2D eigenvalue weighted by atomic mass is 16.1. The summed E-state index contributed by atoms with van der Waals surface area (Å²) in [5.41, 5.74) is 0.384. The molecule has 0 fully saturated rings. The maximum absolute atomic E-state index is 11.3. The fourth-order valence-electron chi connectivity index (χ4n) is 1.09. The predicted molar refractivity (Wildman–Crippen MR) is 61.4 cm³/mol. The zero-order valence-electron chi connectivity index (χ0n) is 10.3. The predicted octanol–water partition coefficient (Wildman–Crippen LogP) is 2.63. The van der Waals surface area contributed by atoms with Gasteiger partial charge < -0.3 is 5.32 Å². The number of nitrogens with one attached hydrogen (secondary N) is 1. The van der Waals surface area contributed by atoms with E-state index in [1.165, 1.54) is 0 Å². The summed E-state index contributed by atoms with van der Waals surface area (Å²) in [7, 11) is 0. The molecule has 0 aliphatic heterocycles. The summed E-state index contributed by atoms with van der Waals surface area (Å²) in [6.45, 7) is 12.4. The molecule has 2 nitrogen and oxygen atoms in total. The molecule has 0 saturated carbocycles. The molecule has 0 spiro atoms. The molecule has 0 aromatic rings. The zero-order valence-corrected chi connectivity index (χ0v) is 10.3. The van der Waals surface area contributed by atoms with Gasteiger partial charge in [0.2, 0.25) is 0 Å². The summed E-state index contributed by atoms with van der Waals surface area (Å²) < 4.78 is 0. The third-order valence-electron chi connectivity index (χ3n) is 2.24. The Kier molecular flexibility index (Phi) is 6.01. The first kappa shape index (κ1) is 13.6. The highest BCUT2D eigenvalue weighted by Crippen LogP contribution is 2.16. The number of hydrogen-bond donors (Lipinski definition) is 1. The van der Waals surface area contributed by atoms with Crippen molar-refractivity contribution >= 4 is 5.78 Å². The van der Waals surface area contributed by atoms with E-state index in [1.807, 2.05) is 13.8 Å². The van der Waals surface area contributed by atoms with E-state index in [2.05, 4.69) is 26.1 Å². The maximum Gasteiger partial charge on any atom is 0.136 e. The molecule has 2 heteroatoms. The van der Waals surface area contributed by atoms with Gasteiger partial charge in [0, 0.05) is 18.9 Å². The standard InChI is InChI=1S/C12H25NO/c1-10(2)11(14)6-8-13-9-7-12(3,4)5/h10,13H,6-9H2,1-5H3. The van der Waals surface area contributed by atoms with Crippen LogP contribution in [-0.4, -0.2) is 18.9 Å². The number of carbonyl (C=O) groups excluding carboxylic acids is 1. The molecule has 0 unspecified atom stereocenters. The highest BCUT2D eigenvalue weighted by Gasteiger charge is 2.09. The van der Waals surface area contributed by atoms with Crippen LogP contribution < -0.4 is 5.32 Å². The van der Waals surface area contributed by atoms with Crippen molar-refractivity contribution < 1.29 is 4.79 Å². The Morgan fingerprint density at radius 1 is 1.21 bits per heavy atom. The zero-order chi connectivity index (χ0) is 11.2. The van der Waals surface area contributed by atoms with Crippen LogP contribution in [0.1, 0.15) is 47.5 Å². The largest absolute Gasteiger partial charge is 0.316 e. The van der Waals surface area contributed by atoms with Gasteiger partial charge >= 0.3 is 0 Å². The first-order chi connectivity index (χ1) is 6.33. The van der Waals surface area contributed by atoms with E-state index >= 15 is 0 Å². The second-order valence-corrected chi connectivity index (χ2v) is 5.43. The van der Waals surface area contributed by atoms with Crippen LogP contribution in [0.25, 0.3) is 0 Å². The molecule has 0 rings (SSSR count). The lowest BCUT2D eigenvalue weighted by atomic mass is 9.92. The van der Waals surface area contributed by atoms with Gasteiger partial charge in [-0.3, -0.25) is 4.79 Å². The molecule has 0 bridgehead atoms. The molecule has 0 aliphatic rings. The summed E-state index contributed by atoms with van der Waals surface area (Å²) >= 11 is 0. The van der Waals surface area contributed by atoms with Gasteiger partial charge in [-0.15, -0.1) is 0 Å². The summed E-state index contributed by atoms with van der Waals surface area (Å²) in [6, 6.07) is 0. The molecule has 0 aromatic heterocycles. The first-order valence-corrected chi connectivity index (χ1v) is 5.56. The average Bonchev–Trinajstić information content (AvgIpc) is 2.01. The normalized spacial score (nSPS) is 12.1. The average molecular weight is 199 g/mol. The highest BCUT2D eigenvalue weighted by molar-refractivity contribution is 5.80. The van der Waals surface area contributed by atoms with Crippen molar-refractivity contribution in [2.24, 2.45) is 11.3 Å². The van der Waals surface area contributed by atoms with Gasteiger partial charge in [-0.25, -0.2) is 0 Å². The molecule has 0 atom stereocenters. The Hall–Kier alpha value is -0.370.